The third-order valence-corrected chi connectivity index (χ3v) is 5.96. The van der Waals surface area contributed by atoms with Gasteiger partial charge in [0.1, 0.15) is 24.7 Å². The summed E-state index contributed by atoms with van der Waals surface area (Å²) in [6, 6.07) is 37.3. The van der Waals surface area contributed by atoms with Crippen LogP contribution in [0.2, 0.25) is 0 Å². The van der Waals surface area contributed by atoms with Crippen LogP contribution in [-0.4, -0.2) is 0 Å². The number of benzene rings is 4. The van der Waals surface area contributed by atoms with Crippen molar-refractivity contribution in [3.63, 3.8) is 0 Å². The lowest BCUT2D eigenvalue weighted by Crippen LogP contribution is -1.95. The molecule has 0 N–H and O–H groups in total. The van der Waals surface area contributed by atoms with Gasteiger partial charge in [-0.1, -0.05) is 84.9 Å². The fourth-order valence-electron chi connectivity index (χ4n) is 3.13. The maximum Gasteiger partial charge on any atom is 0.119 e. The van der Waals surface area contributed by atoms with E-state index in [9.17, 15) is 0 Å². The summed E-state index contributed by atoms with van der Waals surface area (Å²) >= 11 is 1.91. The van der Waals surface area contributed by atoms with Crippen molar-refractivity contribution in [1.29, 1.82) is 0 Å². The Hall–Kier alpha value is -3.17. The molecule has 0 amide bonds. The van der Waals surface area contributed by atoms with Crippen LogP contribution in [0.1, 0.15) is 22.3 Å². The van der Waals surface area contributed by atoms with E-state index in [1.165, 1.54) is 22.3 Å². The first-order valence-electron chi connectivity index (χ1n) is 10.4. The van der Waals surface area contributed by atoms with Gasteiger partial charge in [-0.25, -0.2) is 0 Å². The van der Waals surface area contributed by atoms with E-state index >= 15 is 0 Å². The Bertz CT molecular complexity index is 943. The van der Waals surface area contributed by atoms with Gasteiger partial charge in [0.2, 0.25) is 0 Å². The van der Waals surface area contributed by atoms with Crippen molar-refractivity contribution in [3.8, 4) is 11.5 Å². The first-order valence-corrected chi connectivity index (χ1v) is 11.6. The summed E-state index contributed by atoms with van der Waals surface area (Å²) < 4.78 is 11.7. The van der Waals surface area contributed by atoms with Gasteiger partial charge in [-0.15, -0.1) is 0 Å². The zero-order chi connectivity index (χ0) is 21.1. The highest BCUT2D eigenvalue weighted by Crippen LogP contribution is 2.22. The van der Waals surface area contributed by atoms with E-state index in [-0.39, 0.29) is 0 Å². The van der Waals surface area contributed by atoms with Crippen LogP contribution >= 0.6 is 11.8 Å². The third kappa shape index (κ3) is 6.94. The van der Waals surface area contributed by atoms with E-state index in [0.717, 1.165) is 23.0 Å². The standard InChI is InChI=1S/C28H26O2S/c1-3-7-23(8-4-1)19-29-27-15-11-25(12-16-27)21-31-22-26-13-17-28(18-14-26)30-20-24-9-5-2-6-10-24/h1-18H,19-22H2. The lowest BCUT2D eigenvalue weighted by atomic mass is 10.2. The number of ether oxygens (including phenoxy) is 2. The molecule has 4 aromatic rings. The van der Waals surface area contributed by atoms with Gasteiger partial charge in [0.25, 0.3) is 0 Å². The van der Waals surface area contributed by atoms with Crippen molar-refractivity contribution in [1.82, 2.24) is 0 Å². The normalized spacial score (nSPS) is 10.6. The van der Waals surface area contributed by atoms with E-state index in [1.54, 1.807) is 0 Å². The van der Waals surface area contributed by atoms with Gasteiger partial charge >= 0.3 is 0 Å². The molecular weight excluding hydrogens is 400 g/mol. The zero-order valence-electron chi connectivity index (χ0n) is 17.4. The molecule has 0 saturated heterocycles. The van der Waals surface area contributed by atoms with Gasteiger partial charge in [0.05, 0.1) is 0 Å². The molecule has 0 aliphatic carbocycles. The van der Waals surface area contributed by atoms with Crippen molar-refractivity contribution in [3.05, 3.63) is 131 Å². The molecule has 0 heterocycles. The fourth-order valence-corrected chi connectivity index (χ4v) is 4.09. The Morgan fingerprint density at radius 3 is 1.19 bits per heavy atom. The number of hydrogen-bond acceptors (Lipinski definition) is 3. The van der Waals surface area contributed by atoms with Crippen molar-refractivity contribution in [2.24, 2.45) is 0 Å². The molecule has 0 spiro atoms. The highest BCUT2D eigenvalue weighted by molar-refractivity contribution is 7.97. The minimum atomic E-state index is 0.597. The highest BCUT2D eigenvalue weighted by atomic mass is 32.2. The second kappa shape index (κ2) is 11.3. The Morgan fingerprint density at radius 2 is 0.806 bits per heavy atom. The first kappa shape index (κ1) is 21.1. The Balaban J connectivity index is 1.18. The fraction of sp³-hybridized carbons (Fsp3) is 0.143. The monoisotopic (exact) mass is 426 g/mol. The molecule has 2 nitrogen and oxygen atoms in total. The molecule has 0 aliphatic heterocycles. The second-order valence-electron chi connectivity index (χ2n) is 7.33. The van der Waals surface area contributed by atoms with Gasteiger partial charge in [-0.3, -0.25) is 0 Å². The van der Waals surface area contributed by atoms with Crippen LogP contribution in [0.4, 0.5) is 0 Å². The van der Waals surface area contributed by atoms with Crippen molar-refractivity contribution in [2.45, 2.75) is 24.7 Å². The highest BCUT2D eigenvalue weighted by Gasteiger charge is 2.00. The van der Waals surface area contributed by atoms with Gasteiger partial charge in [0.15, 0.2) is 0 Å². The van der Waals surface area contributed by atoms with E-state index in [0.29, 0.717) is 13.2 Å². The molecule has 0 radical (unpaired) electrons. The average Bonchev–Trinajstić information content (AvgIpc) is 2.84. The Kier molecular flexibility index (Phi) is 7.67. The largest absolute Gasteiger partial charge is 0.489 e. The van der Waals surface area contributed by atoms with Crippen LogP contribution in [-0.2, 0) is 24.7 Å². The summed E-state index contributed by atoms with van der Waals surface area (Å²) in [4.78, 5) is 0. The molecule has 0 fully saturated rings. The smallest absolute Gasteiger partial charge is 0.119 e. The van der Waals surface area contributed by atoms with Gasteiger partial charge in [-0.05, 0) is 46.5 Å². The number of thioether (sulfide) groups is 1. The number of hydrogen-bond donors (Lipinski definition) is 0. The molecule has 0 aliphatic rings. The van der Waals surface area contributed by atoms with E-state index in [4.69, 9.17) is 9.47 Å². The minimum absolute atomic E-state index is 0.597. The summed E-state index contributed by atoms with van der Waals surface area (Å²) in [7, 11) is 0. The molecule has 0 unspecified atom stereocenters. The lowest BCUT2D eigenvalue weighted by molar-refractivity contribution is 0.306. The predicted molar refractivity (Wildman–Crippen MR) is 129 cm³/mol. The van der Waals surface area contributed by atoms with Crippen LogP contribution in [0, 0.1) is 0 Å². The van der Waals surface area contributed by atoms with Crippen molar-refractivity contribution >= 4 is 11.8 Å². The maximum absolute atomic E-state index is 5.86. The van der Waals surface area contributed by atoms with Crippen LogP contribution in [0.25, 0.3) is 0 Å². The van der Waals surface area contributed by atoms with Crippen LogP contribution in [0.3, 0.4) is 0 Å². The van der Waals surface area contributed by atoms with Gasteiger partial charge in [0, 0.05) is 11.5 Å². The summed E-state index contributed by atoms with van der Waals surface area (Å²) in [6.45, 7) is 1.19. The van der Waals surface area contributed by atoms with Gasteiger partial charge < -0.3 is 9.47 Å². The van der Waals surface area contributed by atoms with Crippen LogP contribution < -0.4 is 9.47 Å². The lowest BCUT2D eigenvalue weighted by Gasteiger charge is -2.08. The minimum Gasteiger partial charge on any atom is -0.489 e. The molecule has 0 atom stereocenters. The molecule has 0 bridgehead atoms. The first-order chi connectivity index (χ1) is 15.3. The van der Waals surface area contributed by atoms with Crippen LogP contribution in [0.15, 0.2) is 109 Å². The van der Waals surface area contributed by atoms with E-state index in [2.05, 4.69) is 72.8 Å². The van der Waals surface area contributed by atoms with Crippen molar-refractivity contribution < 1.29 is 9.47 Å². The summed E-state index contributed by atoms with van der Waals surface area (Å²) in [5, 5.41) is 0. The molecule has 4 aromatic carbocycles. The maximum atomic E-state index is 5.86. The van der Waals surface area contributed by atoms with E-state index in [1.807, 2.05) is 48.2 Å². The summed E-state index contributed by atoms with van der Waals surface area (Å²) in [6.07, 6.45) is 0. The zero-order valence-corrected chi connectivity index (χ0v) is 18.3. The summed E-state index contributed by atoms with van der Waals surface area (Å²) in [5.41, 5.74) is 4.97. The molecule has 156 valence electrons. The predicted octanol–water partition coefficient (Wildman–Crippen LogP) is 7.28. The van der Waals surface area contributed by atoms with Crippen LogP contribution in [0.5, 0.6) is 11.5 Å². The molecule has 4 rings (SSSR count). The molecule has 0 saturated carbocycles. The van der Waals surface area contributed by atoms with Gasteiger partial charge in [-0.2, -0.15) is 11.8 Å². The molecule has 0 aromatic heterocycles. The van der Waals surface area contributed by atoms with Crippen molar-refractivity contribution in [2.75, 3.05) is 0 Å². The third-order valence-electron chi connectivity index (χ3n) is 4.88. The average molecular weight is 427 g/mol. The second-order valence-corrected chi connectivity index (χ2v) is 8.31. The molecule has 31 heavy (non-hydrogen) atoms. The SMILES string of the molecule is c1ccc(COc2ccc(CSCc3ccc(OCc4ccccc4)cc3)cc2)cc1. The Morgan fingerprint density at radius 1 is 0.419 bits per heavy atom. The topological polar surface area (TPSA) is 18.5 Å². The molecular formula is C28H26O2S. The molecule has 3 heteroatoms. The van der Waals surface area contributed by atoms with E-state index < -0.39 is 0 Å². The summed E-state index contributed by atoms with van der Waals surface area (Å²) in [5.74, 6) is 3.77. The quantitative estimate of drug-likeness (QED) is 0.265. The number of rotatable bonds is 10. The Labute approximate surface area is 188 Å².